The second-order valence-electron chi connectivity index (χ2n) is 2.75. The molecule has 1 aromatic carbocycles. The Morgan fingerprint density at radius 2 is 2.36 bits per heavy atom. The average molecular weight is 210 g/mol. The van der Waals surface area contributed by atoms with E-state index in [1.54, 1.807) is 12.1 Å². The molecular formula is C8H7FN4S. The van der Waals surface area contributed by atoms with E-state index in [-0.39, 0.29) is 10.8 Å². The van der Waals surface area contributed by atoms with Crippen molar-refractivity contribution in [3.05, 3.63) is 24.1 Å². The minimum absolute atomic E-state index is 0.0340. The van der Waals surface area contributed by atoms with Crippen LogP contribution in [0.15, 0.2) is 18.3 Å². The summed E-state index contributed by atoms with van der Waals surface area (Å²) in [5, 5.41) is 9.37. The van der Waals surface area contributed by atoms with Crippen LogP contribution in [0.4, 0.5) is 10.1 Å². The molecule has 72 valence electrons. The summed E-state index contributed by atoms with van der Waals surface area (Å²) in [4.78, 5) is 0. The van der Waals surface area contributed by atoms with E-state index in [9.17, 15) is 4.39 Å². The largest absolute Gasteiger partial charge is 0.376 e. The highest BCUT2D eigenvalue weighted by molar-refractivity contribution is 7.80. The molecule has 0 spiro atoms. The number of hydrogen-bond donors (Lipinski definition) is 3. The molecule has 1 aromatic heterocycles. The third-order valence-corrected chi connectivity index (χ3v) is 1.92. The molecule has 0 amide bonds. The van der Waals surface area contributed by atoms with Gasteiger partial charge in [-0.25, -0.2) is 4.39 Å². The van der Waals surface area contributed by atoms with Crippen LogP contribution in [0.1, 0.15) is 0 Å². The number of benzene rings is 1. The molecular weight excluding hydrogens is 203 g/mol. The highest BCUT2D eigenvalue weighted by Crippen LogP contribution is 2.22. The van der Waals surface area contributed by atoms with Gasteiger partial charge in [-0.3, -0.25) is 5.10 Å². The lowest BCUT2D eigenvalue weighted by Gasteiger charge is -2.04. The average Bonchev–Trinajstić information content (AvgIpc) is 2.57. The number of nitrogens with one attached hydrogen (secondary N) is 2. The molecule has 4 N–H and O–H groups in total. The quantitative estimate of drug-likeness (QED) is 0.622. The smallest absolute Gasteiger partial charge is 0.168 e. The molecule has 0 aliphatic heterocycles. The van der Waals surface area contributed by atoms with E-state index in [1.165, 1.54) is 6.20 Å². The lowest BCUT2D eigenvalue weighted by molar-refractivity contribution is 0.644. The minimum Gasteiger partial charge on any atom is -0.376 e. The van der Waals surface area contributed by atoms with Crippen LogP contribution in [-0.2, 0) is 0 Å². The number of aromatic nitrogens is 2. The first-order valence-electron chi connectivity index (χ1n) is 3.86. The van der Waals surface area contributed by atoms with Crippen LogP contribution < -0.4 is 11.1 Å². The number of hydrogen-bond acceptors (Lipinski definition) is 2. The molecule has 1 heterocycles. The van der Waals surface area contributed by atoms with Gasteiger partial charge in [-0.05, 0) is 24.4 Å². The van der Waals surface area contributed by atoms with Gasteiger partial charge in [0.25, 0.3) is 0 Å². The number of nitrogens with two attached hydrogens (primary N) is 1. The van der Waals surface area contributed by atoms with Crippen molar-refractivity contribution in [3.8, 4) is 0 Å². The lowest BCUT2D eigenvalue weighted by atomic mass is 10.2. The Labute approximate surface area is 84.3 Å². The van der Waals surface area contributed by atoms with E-state index in [0.717, 1.165) is 0 Å². The predicted molar refractivity (Wildman–Crippen MR) is 56.5 cm³/mol. The molecule has 2 aromatic rings. The zero-order valence-corrected chi connectivity index (χ0v) is 7.86. The molecule has 2 rings (SSSR count). The first kappa shape index (κ1) is 8.89. The molecule has 0 saturated heterocycles. The maximum absolute atomic E-state index is 13.6. The third kappa shape index (κ3) is 1.39. The molecule has 14 heavy (non-hydrogen) atoms. The Morgan fingerprint density at radius 1 is 1.57 bits per heavy atom. The standard InChI is InChI=1S/C8H7FN4S/c9-7-4-3-11-13-5(4)1-2-6(7)12-8(10)14/h1-3H,(H,11,13)(H3,10,12,14). The second kappa shape index (κ2) is 3.22. The number of fused-ring (bicyclic) bond motifs is 1. The van der Waals surface area contributed by atoms with Crippen LogP contribution in [0.5, 0.6) is 0 Å². The first-order chi connectivity index (χ1) is 6.68. The number of anilines is 1. The molecule has 4 nitrogen and oxygen atoms in total. The fraction of sp³-hybridized carbons (Fsp3) is 0. The summed E-state index contributed by atoms with van der Waals surface area (Å²) >= 11 is 4.62. The highest BCUT2D eigenvalue weighted by Gasteiger charge is 2.08. The van der Waals surface area contributed by atoms with Crippen molar-refractivity contribution in [2.45, 2.75) is 0 Å². The molecule has 0 saturated carbocycles. The fourth-order valence-corrected chi connectivity index (χ4v) is 1.32. The van der Waals surface area contributed by atoms with Gasteiger partial charge in [0, 0.05) is 0 Å². The minimum atomic E-state index is -0.413. The summed E-state index contributed by atoms with van der Waals surface area (Å²) in [5.41, 5.74) is 6.13. The van der Waals surface area contributed by atoms with Crippen LogP contribution in [0.3, 0.4) is 0 Å². The number of aromatic amines is 1. The monoisotopic (exact) mass is 210 g/mol. The maximum atomic E-state index is 13.6. The van der Waals surface area contributed by atoms with E-state index in [4.69, 9.17) is 5.73 Å². The Morgan fingerprint density at radius 3 is 3.07 bits per heavy atom. The maximum Gasteiger partial charge on any atom is 0.168 e. The van der Waals surface area contributed by atoms with Crippen molar-refractivity contribution >= 4 is 33.9 Å². The number of thiocarbonyl (C=S) groups is 1. The SMILES string of the molecule is NC(=S)Nc1ccc2[nH]ncc2c1F. The zero-order valence-electron chi connectivity index (χ0n) is 7.04. The summed E-state index contributed by atoms with van der Waals surface area (Å²) in [6.07, 6.45) is 1.41. The van der Waals surface area contributed by atoms with Crippen LogP contribution in [0.25, 0.3) is 10.9 Å². The zero-order chi connectivity index (χ0) is 10.1. The Bertz CT molecular complexity index is 493. The van der Waals surface area contributed by atoms with Gasteiger partial charge in [0.2, 0.25) is 0 Å². The lowest BCUT2D eigenvalue weighted by Crippen LogP contribution is -2.19. The van der Waals surface area contributed by atoms with Gasteiger partial charge >= 0.3 is 0 Å². The van der Waals surface area contributed by atoms with E-state index in [0.29, 0.717) is 10.9 Å². The molecule has 0 unspecified atom stereocenters. The van der Waals surface area contributed by atoms with Crippen LogP contribution in [0, 0.1) is 5.82 Å². The highest BCUT2D eigenvalue weighted by atomic mass is 32.1. The molecule has 0 aliphatic carbocycles. The topological polar surface area (TPSA) is 66.7 Å². The summed E-state index contributed by atoms with van der Waals surface area (Å²) < 4.78 is 13.6. The Kier molecular flexibility index (Phi) is 2.05. The van der Waals surface area contributed by atoms with Crippen molar-refractivity contribution in [2.24, 2.45) is 5.73 Å². The van der Waals surface area contributed by atoms with Gasteiger partial charge in [0.05, 0.1) is 22.8 Å². The van der Waals surface area contributed by atoms with Crippen molar-refractivity contribution in [2.75, 3.05) is 5.32 Å². The van der Waals surface area contributed by atoms with Gasteiger partial charge in [0.15, 0.2) is 10.9 Å². The van der Waals surface area contributed by atoms with E-state index in [2.05, 4.69) is 27.7 Å². The summed E-state index contributed by atoms with van der Waals surface area (Å²) in [7, 11) is 0. The van der Waals surface area contributed by atoms with Crippen molar-refractivity contribution in [1.29, 1.82) is 0 Å². The Hall–Kier alpha value is -1.69. The van der Waals surface area contributed by atoms with Gasteiger partial charge in [-0.1, -0.05) is 0 Å². The van der Waals surface area contributed by atoms with Crippen LogP contribution in [0.2, 0.25) is 0 Å². The summed E-state index contributed by atoms with van der Waals surface area (Å²) in [6, 6.07) is 3.25. The van der Waals surface area contributed by atoms with Gasteiger partial charge in [-0.15, -0.1) is 0 Å². The van der Waals surface area contributed by atoms with Crippen molar-refractivity contribution < 1.29 is 4.39 Å². The Balaban J connectivity index is 2.56. The molecule has 0 aliphatic rings. The molecule has 0 bridgehead atoms. The van der Waals surface area contributed by atoms with Crippen LogP contribution >= 0.6 is 12.2 Å². The predicted octanol–water partition coefficient (Wildman–Crippen LogP) is 1.36. The van der Waals surface area contributed by atoms with E-state index >= 15 is 0 Å². The number of halogens is 1. The molecule has 6 heteroatoms. The first-order valence-corrected chi connectivity index (χ1v) is 4.27. The fourth-order valence-electron chi connectivity index (χ4n) is 1.21. The second-order valence-corrected chi connectivity index (χ2v) is 3.19. The van der Waals surface area contributed by atoms with Crippen molar-refractivity contribution in [3.63, 3.8) is 0 Å². The molecule has 0 radical (unpaired) electrons. The number of nitrogens with zero attached hydrogens (tertiary/aromatic N) is 1. The van der Waals surface area contributed by atoms with E-state index < -0.39 is 5.82 Å². The summed E-state index contributed by atoms with van der Waals surface area (Å²) in [6.45, 7) is 0. The third-order valence-electron chi connectivity index (χ3n) is 1.82. The van der Waals surface area contributed by atoms with E-state index in [1.807, 2.05) is 0 Å². The number of H-pyrrole nitrogens is 1. The normalized spacial score (nSPS) is 10.4. The molecule has 0 fully saturated rings. The van der Waals surface area contributed by atoms with Gasteiger partial charge in [-0.2, -0.15) is 5.10 Å². The van der Waals surface area contributed by atoms with Crippen molar-refractivity contribution in [1.82, 2.24) is 10.2 Å². The van der Waals surface area contributed by atoms with Crippen LogP contribution in [-0.4, -0.2) is 15.3 Å². The summed E-state index contributed by atoms with van der Waals surface area (Å²) in [5.74, 6) is -0.413. The number of rotatable bonds is 1. The van der Waals surface area contributed by atoms with Gasteiger partial charge < -0.3 is 11.1 Å². The van der Waals surface area contributed by atoms with Gasteiger partial charge in [0.1, 0.15) is 0 Å². The molecule has 0 atom stereocenters.